The number of aromatic nitrogens is 2. The van der Waals surface area contributed by atoms with E-state index in [4.69, 9.17) is 4.42 Å². The van der Waals surface area contributed by atoms with Crippen molar-refractivity contribution in [3.63, 3.8) is 0 Å². The molecule has 1 aliphatic heterocycles. The molecule has 1 unspecified atom stereocenters. The molecule has 1 saturated heterocycles. The summed E-state index contributed by atoms with van der Waals surface area (Å²) in [5, 5.41) is 10.3. The Kier molecular flexibility index (Phi) is 4.25. The maximum Gasteiger partial charge on any atom is 0.272 e. The van der Waals surface area contributed by atoms with Crippen LogP contribution in [0.1, 0.15) is 16.2 Å². The highest BCUT2D eigenvalue weighted by atomic mass is 16.3. The molecule has 0 aliphatic carbocycles. The van der Waals surface area contributed by atoms with Crippen LogP contribution in [-0.2, 0) is 6.54 Å². The largest absolute Gasteiger partial charge is 0.468 e. The minimum Gasteiger partial charge on any atom is -0.468 e. The number of fused-ring (bicyclic) bond motifs is 1. The maximum atomic E-state index is 12.9. The van der Waals surface area contributed by atoms with Gasteiger partial charge in [-0.05, 0) is 24.3 Å². The van der Waals surface area contributed by atoms with Crippen molar-refractivity contribution in [1.82, 2.24) is 19.2 Å². The van der Waals surface area contributed by atoms with Gasteiger partial charge in [-0.15, -0.1) is 0 Å². The zero-order valence-electron chi connectivity index (χ0n) is 13.8. The number of carbonyl (C=O) groups is 1. The van der Waals surface area contributed by atoms with E-state index in [0.29, 0.717) is 38.4 Å². The molecule has 1 N–H and O–H groups in total. The van der Waals surface area contributed by atoms with Gasteiger partial charge in [0.05, 0.1) is 25.1 Å². The Morgan fingerprint density at radius 3 is 3.00 bits per heavy atom. The average Bonchev–Trinajstić information content (AvgIpc) is 3.23. The van der Waals surface area contributed by atoms with Gasteiger partial charge in [0.15, 0.2) is 0 Å². The van der Waals surface area contributed by atoms with Crippen molar-refractivity contribution in [3.8, 4) is 0 Å². The van der Waals surface area contributed by atoms with Crippen molar-refractivity contribution >= 4 is 11.6 Å². The second-order valence-electron chi connectivity index (χ2n) is 6.29. The highest BCUT2D eigenvalue weighted by molar-refractivity contribution is 5.93. The number of aliphatic hydroxyl groups is 1. The molecule has 25 heavy (non-hydrogen) atoms. The van der Waals surface area contributed by atoms with Gasteiger partial charge in [0.2, 0.25) is 0 Å². The summed E-state index contributed by atoms with van der Waals surface area (Å²) >= 11 is 0. The quantitative estimate of drug-likeness (QED) is 0.777. The van der Waals surface area contributed by atoms with E-state index < -0.39 is 6.10 Å². The number of aliphatic hydroxyl groups excluding tert-OH is 1. The van der Waals surface area contributed by atoms with Crippen LogP contribution in [0.25, 0.3) is 5.65 Å². The molecule has 3 aromatic heterocycles. The number of hydrogen-bond donors (Lipinski definition) is 1. The number of furan rings is 1. The molecule has 4 heterocycles. The molecule has 7 heteroatoms. The van der Waals surface area contributed by atoms with E-state index in [1.165, 1.54) is 0 Å². The first kappa shape index (κ1) is 15.9. The number of β-amino-alcohol motifs (C(OH)–C–C–N with tert-alkyl or cyclic N) is 1. The summed E-state index contributed by atoms with van der Waals surface area (Å²) in [6.45, 7) is 2.68. The lowest BCUT2D eigenvalue weighted by molar-refractivity contribution is 0.0655. The second-order valence-corrected chi connectivity index (χ2v) is 6.29. The van der Waals surface area contributed by atoms with Gasteiger partial charge < -0.3 is 14.4 Å². The second kappa shape index (κ2) is 6.70. The van der Waals surface area contributed by atoms with Gasteiger partial charge in [-0.1, -0.05) is 6.07 Å². The van der Waals surface area contributed by atoms with E-state index in [1.54, 1.807) is 21.8 Å². The van der Waals surface area contributed by atoms with Crippen LogP contribution in [0.2, 0.25) is 0 Å². The maximum absolute atomic E-state index is 12.9. The van der Waals surface area contributed by atoms with Crippen LogP contribution in [-0.4, -0.2) is 62.5 Å². The van der Waals surface area contributed by atoms with E-state index in [9.17, 15) is 9.90 Å². The Morgan fingerprint density at radius 1 is 1.24 bits per heavy atom. The molecule has 3 aromatic rings. The molecule has 0 radical (unpaired) electrons. The third-order valence-electron chi connectivity index (χ3n) is 4.47. The van der Waals surface area contributed by atoms with Crippen LogP contribution in [0.4, 0.5) is 0 Å². The van der Waals surface area contributed by atoms with Gasteiger partial charge in [0.1, 0.15) is 17.1 Å². The summed E-state index contributed by atoms with van der Waals surface area (Å²) in [4.78, 5) is 21.0. The predicted octanol–water partition coefficient (Wildman–Crippen LogP) is 1.25. The summed E-state index contributed by atoms with van der Waals surface area (Å²) in [6, 6.07) is 9.38. The monoisotopic (exact) mass is 340 g/mol. The summed E-state index contributed by atoms with van der Waals surface area (Å²) < 4.78 is 7.16. The molecule has 0 bridgehead atoms. The summed E-state index contributed by atoms with van der Waals surface area (Å²) in [5.41, 5.74) is 1.25. The molecule has 1 aliphatic rings. The number of nitrogens with zero attached hydrogens (tertiary/aromatic N) is 4. The standard InChI is InChI=1S/C18H20N4O3/c23-14-11-20(13-15-4-3-9-25-15)7-8-21(12-14)18(24)16-10-19-17-5-1-2-6-22(16)17/h1-6,9-10,14,23H,7-8,11-13H2. The predicted molar refractivity (Wildman–Crippen MR) is 91.1 cm³/mol. The first-order valence-electron chi connectivity index (χ1n) is 8.35. The van der Waals surface area contributed by atoms with E-state index in [-0.39, 0.29) is 5.91 Å². The molecule has 1 amide bonds. The summed E-state index contributed by atoms with van der Waals surface area (Å²) in [6.07, 6.45) is 4.47. The lowest BCUT2D eigenvalue weighted by Crippen LogP contribution is -2.38. The first-order chi connectivity index (χ1) is 12.2. The number of amides is 1. The van der Waals surface area contributed by atoms with Gasteiger partial charge in [0, 0.05) is 32.4 Å². The first-order valence-corrected chi connectivity index (χ1v) is 8.35. The topological polar surface area (TPSA) is 74.2 Å². The van der Waals surface area contributed by atoms with Crippen molar-refractivity contribution in [2.45, 2.75) is 12.6 Å². The molecule has 1 atom stereocenters. The fourth-order valence-corrected chi connectivity index (χ4v) is 3.26. The van der Waals surface area contributed by atoms with Gasteiger partial charge >= 0.3 is 0 Å². The Balaban J connectivity index is 1.50. The molecule has 4 rings (SSSR count). The van der Waals surface area contributed by atoms with Crippen molar-refractivity contribution in [3.05, 3.63) is 60.4 Å². The van der Waals surface area contributed by atoms with Gasteiger partial charge in [-0.25, -0.2) is 4.98 Å². The zero-order valence-corrected chi connectivity index (χ0v) is 13.8. The lowest BCUT2D eigenvalue weighted by atomic mass is 10.3. The molecule has 7 nitrogen and oxygen atoms in total. The van der Waals surface area contributed by atoms with E-state index in [0.717, 1.165) is 11.4 Å². The number of pyridine rings is 1. The van der Waals surface area contributed by atoms with Crippen LogP contribution in [0.5, 0.6) is 0 Å². The SMILES string of the molecule is O=C(c1cnc2ccccn12)N1CCN(Cc2ccco2)CC(O)C1. The zero-order chi connectivity index (χ0) is 17.2. The Labute approximate surface area is 145 Å². The minimum absolute atomic E-state index is 0.113. The third kappa shape index (κ3) is 3.29. The van der Waals surface area contributed by atoms with Gasteiger partial charge in [0.25, 0.3) is 5.91 Å². The van der Waals surface area contributed by atoms with E-state index in [2.05, 4.69) is 9.88 Å². The number of rotatable bonds is 3. The van der Waals surface area contributed by atoms with Crippen LogP contribution >= 0.6 is 0 Å². The van der Waals surface area contributed by atoms with E-state index in [1.807, 2.05) is 36.5 Å². The number of hydrogen-bond acceptors (Lipinski definition) is 5. The lowest BCUT2D eigenvalue weighted by Gasteiger charge is -2.21. The van der Waals surface area contributed by atoms with E-state index >= 15 is 0 Å². The average molecular weight is 340 g/mol. The Bertz CT molecular complexity index is 858. The Hall–Kier alpha value is -2.64. The highest BCUT2D eigenvalue weighted by Gasteiger charge is 2.27. The van der Waals surface area contributed by atoms with Gasteiger partial charge in [-0.2, -0.15) is 0 Å². The summed E-state index contributed by atoms with van der Waals surface area (Å²) in [5.74, 6) is 0.742. The molecule has 0 aromatic carbocycles. The minimum atomic E-state index is -0.597. The fourth-order valence-electron chi connectivity index (χ4n) is 3.26. The molecule has 0 spiro atoms. The van der Waals surface area contributed by atoms with Crippen molar-refractivity contribution in [2.75, 3.05) is 26.2 Å². The molecule has 130 valence electrons. The third-order valence-corrected chi connectivity index (χ3v) is 4.47. The van der Waals surface area contributed by atoms with Crippen molar-refractivity contribution in [2.24, 2.45) is 0 Å². The molecular weight excluding hydrogens is 320 g/mol. The molecule has 1 fully saturated rings. The normalized spacial score (nSPS) is 19.2. The highest BCUT2D eigenvalue weighted by Crippen LogP contribution is 2.14. The fraction of sp³-hybridized carbons (Fsp3) is 0.333. The number of carbonyl (C=O) groups excluding carboxylic acids is 1. The molecular formula is C18H20N4O3. The van der Waals surface area contributed by atoms with Crippen molar-refractivity contribution < 1.29 is 14.3 Å². The smallest absolute Gasteiger partial charge is 0.272 e. The van der Waals surface area contributed by atoms with Crippen LogP contribution in [0.15, 0.2) is 53.4 Å². The molecule has 0 saturated carbocycles. The van der Waals surface area contributed by atoms with Crippen LogP contribution in [0.3, 0.4) is 0 Å². The van der Waals surface area contributed by atoms with Crippen LogP contribution < -0.4 is 0 Å². The van der Waals surface area contributed by atoms with Crippen LogP contribution in [0, 0.1) is 0 Å². The number of imidazole rings is 1. The van der Waals surface area contributed by atoms with Gasteiger partial charge in [-0.3, -0.25) is 14.1 Å². The van der Waals surface area contributed by atoms with Crippen molar-refractivity contribution in [1.29, 1.82) is 0 Å². The Morgan fingerprint density at radius 2 is 2.16 bits per heavy atom. The summed E-state index contributed by atoms with van der Waals surface area (Å²) in [7, 11) is 0.